The van der Waals surface area contributed by atoms with Crippen molar-refractivity contribution in [2.75, 3.05) is 19.6 Å². The van der Waals surface area contributed by atoms with E-state index in [1.54, 1.807) is 6.08 Å². The highest BCUT2D eigenvalue weighted by atomic mass is 16.2. The highest BCUT2D eigenvalue weighted by Gasteiger charge is 2.59. The van der Waals surface area contributed by atoms with Crippen molar-refractivity contribution >= 4 is 11.5 Å². The van der Waals surface area contributed by atoms with Crippen LogP contribution in [0.15, 0.2) is 76.5 Å². The average molecular weight is 650 g/mol. The molecule has 0 aromatic heterocycles. The molecule has 3 fully saturated rings. The predicted molar refractivity (Wildman–Crippen MR) is 196 cm³/mol. The van der Waals surface area contributed by atoms with Crippen molar-refractivity contribution in [2.24, 2.45) is 22.0 Å². The van der Waals surface area contributed by atoms with Crippen molar-refractivity contribution in [3.05, 3.63) is 77.2 Å². The number of nitrogens with two attached hydrogens (primary N) is 2. The van der Waals surface area contributed by atoms with E-state index in [-0.39, 0.29) is 23.2 Å². The van der Waals surface area contributed by atoms with Crippen LogP contribution in [-0.2, 0) is 11.3 Å². The van der Waals surface area contributed by atoms with E-state index in [4.69, 9.17) is 11.6 Å². The highest BCUT2D eigenvalue weighted by Crippen LogP contribution is 2.52. The summed E-state index contributed by atoms with van der Waals surface area (Å²) >= 11 is 0. The van der Waals surface area contributed by atoms with Gasteiger partial charge in [0.25, 0.3) is 5.91 Å². The number of hydrogen-bond donors (Lipinski definition) is 4. The van der Waals surface area contributed by atoms with Crippen molar-refractivity contribution in [3.63, 3.8) is 0 Å². The summed E-state index contributed by atoms with van der Waals surface area (Å²) < 4.78 is 0. The Kier molecular flexibility index (Phi) is 15.7. The van der Waals surface area contributed by atoms with E-state index in [0.29, 0.717) is 19.6 Å². The molecule has 1 aromatic carbocycles. The standard InChI is InChI=1S/C31H45N9O.3C2H6/c1-5-8-24(19-34-37-36-33)25(6-2)23-12-10-22(11-13-23)20-38-27(9-7-18-32)35-26-21-39-30(3)14-16-31(4,17-15-30)40(39)29(41)28(26)38;3*1-2/h5-6,8,10-13,27,35H,1,7,9,14-21,32H2,2-4H3,(H2,33,37)(H,34,36);3*1-2H3/b24-8-,25-6-;;;. The van der Waals surface area contributed by atoms with Gasteiger partial charge >= 0.3 is 0 Å². The van der Waals surface area contributed by atoms with Gasteiger partial charge in [-0.05, 0) is 88.1 Å². The third-order valence-corrected chi connectivity index (χ3v) is 9.42. The second-order valence-corrected chi connectivity index (χ2v) is 12.1. The maximum Gasteiger partial charge on any atom is 0.286 e. The number of benzene rings is 1. The normalized spacial score (nSPS) is 25.1. The quantitative estimate of drug-likeness (QED) is 0.0884. The van der Waals surface area contributed by atoms with Crippen LogP contribution in [0.3, 0.4) is 0 Å². The van der Waals surface area contributed by atoms with Crippen LogP contribution in [0.2, 0.25) is 0 Å². The number of nitrogens with one attached hydrogen (secondary N) is 2. The van der Waals surface area contributed by atoms with Crippen LogP contribution < -0.4 is 22.3 Å². The first-order chi connectivity index (χ1) is 22.8. The van der Waals surface area contributed by atoms with Gasteiger partial charge in [0.05, 0.1) is 30.5 Å². The van der Waals surface area contributed by atoms with E-state index in [2.05, 4.69) is 86.9 Å². The molecule has 4 heterocycles. The summed E-state index contributed by atoms with van der Waals surface area (Å²) in [6.07, 6.45) is 12.0. The third-order valence-electron chi connectivity index (χ3n) is 9.42. The fourth-order valence-corrected chi connectivity index (χ4v) is 7.05. The van der Waals surface area contributed by atoms with Crippen LogP contribution in [-0.4, -0.2) is 57.7 Å². The number of allylic oxidation sites excluding steroid dienone is 3. The molecule has 10 nitrogen and oxygen atoms in total. The van der Waals surface area contributed by atoms with E-state index in [0.717, 1.165) is 78.7 Å². The number of hydrogen-bond acceptors (Lipinski definition) is 7. The van der Waals surface area contributed by atoms with Crippen molar-refractivity contribution in [3.8, 4) is 0 Å². The fourth-order valence-electron chi connectivity index (χ4n) is 7.05. The summed E-state index contributed by atoms with van der Waals surface area (Å²) in [6, 6.07) is 8.58. The van der Waals surface area contributed by atoms with Gasteiger partial charge in [-0.1, -0.05) is 101 Å². The topological polar surface area (TPSA) is 128 Å². The number of nitrogens with zero attached hydrogens (tertiary/aromatic N) is 5. The van der Waals surface area contributed by atoms with Crippen molar-refractivity contribution in [1.82, 2.24) is 25.7 Å². The molecule has 262 valence electrons. The minimum Gasteiger partial charge on any atom is -0.366 e. The Morgan fingerprint density at radius 2 is 1.68 bits per heavy atom. The van der Waals surface area contributed by atoms with Gasteiger partial charge in [0.2, 0.25) is 0 Å². The molecule has 6 rings (SSSR count). The Hall–Kier alpha value is -3.63. The van der Waals surface area contributed by atoms with Gasteiger partial charge in [-0.3, -0.25) is 15.2 Å². The molecule has 10 heteroatoms. The van der Waals surface area contributed by atoms with Gasteiger partial charge in [-0.2, -0.15) is 0 Å². The van der Waals surface area contributed by atoms with Crippen LogP contribution in [0.5, 0.6) is 0 Å². The molecule has 1 aliphatic carbocycles. The van der Waals surface area contributed by atoms with Crippen LogP contribution in [0, 0.1) is 0 Å². The van der Waals surface area contributed by atoms with Crippen LogP contribution >= 0.6 is 0 Å². The molecule has 1 aromatic rings. The molecule has 6 N–H and O–H groups in total. The molecule has 0 spiro atoms. The van der Waals surface area contributed by atoms with E-state index in [1.807, 2.05) is 54.5 Å². The van der Waals surface area contributed by atoms with E-state index < -0.39 is 0 Å². The summed E-state index contributed by atoms with van der Waals surface area (Å²) in [5.74, 6) is 5.27. The highest BCUT2D eigenvalue weighted by molar-refractivity contribution is 5.95. The zero-order valence-electron chi connectivity index (χ0n) is 30.7. The molecule has 5 aliphatic rings. The summed E-state index contributed by atoms with van der Waals surface area (Å²) in [5, 5.41) is 15.2. The molecule has 47 heavy (non-hydrogen) atoms. The first kappa shape index (κ1) is 39.5. The molecule has 2 saturated heterocycles. The Bertz CT molecular complexity index is 1270. The molecular formula is C37H63N9O. The van der Waals surface area contributed by atoms with Crippen molar-refractivity contribution < 1.29 is 4.79 Å². The largest absolute Gasteiger partial charge is 0.366 e. The van der Waals surface area contributed by atoms with Gasteiger partial charge in [0.1, 0.15) is 5.70 Å². The number of fused-ring (bicyclic) bond motifs is 2. The Morgan fingerprint density at radius 1 is 1.06 bits per heavy atom. The van der Waals surface area contributed by atoms with E-state index in [1.165, 1.54) is 0 Å². The van der Waals surface area contributed by atoms with Crippen molar-refractivity contribution in [1.29, 1.82) is 0 Å². The predicted octanol–water partition coefficient (Wildman–Crippen LogP) is 6.96. The molecule has 4 aliphatic heterocycles. The van der Waals surface area contributed by atoms with E-state index >= 15 is 0 Å². The molecule has 1 saturated carbocycles. The summed E-state index contributed by atoms with van der Waals surface area (Å²) in [5.41, 5.74) is 14.9. The lowest BCUT2D eigenvalue weighted by atomic mass is 9.69. The van der Waals surface area contributed by atoms with Crippen LogP contribution in [0.4, 0.5) is 0 Å². The smallest absolute Gasteiger partial charge is 0.286 e. The number of carbonyl (C=O) groups excluding carboxylic acids is 1. The summed E-state index contributed by atoms with van der Waals surface area (Å²) in [6.45, 7) is 25.0. The molecule has 1 unspecified atom stereocenters. The van der Waals surface area contributed by atoms with Gasteiger partial charge in [-0.25, -0.2) is 5.01 Å². The van der Waals surface area contributed by atoms with E-state index in [9.17, 15) is 4.79 Å². The number of hydrazine groups is 1. The second-order valence-electron chi connectivity index (χ2n) is 12.1. The number of amides is 1. The monoisotopic (exact) mass is 650 g/mol. The summed E-state index contributed by atoms with van der Waals surface area (Å²) in [4.78, 5) is 16.6. The SMILES string of the molecule is C=C/C=C(CN/N=N\N)\C(=C/C)c1ccc(CN2C3=C(CN4N(C3=O)C3(C)CCC4(C)CC3)NC2CCCN)cc1.CC.CC.CC. The fraction of sp³-hybridized carbons (Fsp3) is 0.595. The Morgan fingerprint density at radius 3 is 2.23 bits per heavy atom. The first-order valence-electron chi connectivity index (χ1n) is 17.8. The van der Waals surface area contributed by atoms with Crippen molar-refractivity contribution in [2.45, 2.75) is 125 Å². The third kappa shape index (κ3) is 8.46. The maximum absolute atomic E-state index is 14.3. The second kappa shape index (κ2) is 18.6. The Labute approximate surface area is 285 Å². The summed E-state index contributed by atoms with van der Waals surface area (Å²) in [7, 11) is 0. The first-order valence-corrected chi connectivity index (χ1v) is 17.8. The minimum atomic E-state index is -0.115. The maximum atomic E-state index is 14.3. The number of rotatable bonds is 11. The van der Waals surface area contributed by atoms with Gasteiger partial charge in [0, 0.05) is 12.1 Å². The molecular weight excluding hydrogens is 586 g/mol. The average Bonchev–Trinajstić information content (AvgIpc) is 3.45. The van der Waals surface area contributed by atoms with Crippen LogP contribution in [0.25, 0.3) is 5.57 Å². The molecule has 1 amide bonds. The zero-order valence-corrected chi connectivity index (χ0v) is 30.7. The Balaban J connectivity index is 0.00000121. The minimum absolute atomic E-state index is 0.0374. The molecule has 2 bridgehead atoms. The zero-order chi connectivity index (χ0) is 35.2. The lowest BCUT2D eigenvalue weighted by molar-refractivity contribution is -0.231. The van der Waals surface area contributed by atoms with Gasteiger partial charge in [-0.15, -0.1) is 0 Å². The molecule has 1 atom stereocenters. The number of carbonyl (C=O) groups is 1. The van der Waals surface area contributed by atoms with Crippen LogP contribution in [0.1, 0.15) is 112 Å². The van der Waals surface area contributed by atoms with Gasteiger partial charge < -0.3 is 21.8 Å². The lowest BCUT2D eigenvalue weighted by Crippen LogP contribution is -2.75. The lowest BCUT2D eigenvalue weighted by Gasteiger charge is -2.65. The molecule has 0 radical (unpaired) electrons. The van der Waals surface area contributed by atoms with Gasteiger partial charge in [0.15, 0.2) is 0 Å².